The number of hydrogen-bond donors (Lipinski definition) is 1. The van der Waals surface area contributed by atoms with Gasteiger partial charge in [-0.1, -0.05) is 11.3 Å². The Kier molecular flexibility index (Phi) is 3.08. The van der Waals surface area contributed by atoms with E-state index in [1.54, 1.807) is 0 Å². The van der Waals surface area contributed by atoms with Gasteiger partial charge in [-0.25, -0.2) is 10.2 Å². The zero-order chi connectivity index (χ0) is 13.3. The lowest BCUT2D eigenvalue weighted by atomic mass is 10.8. The normalized spacial score (nSPS) is 14.8. The fourth-order valence-corrected chi connectivity index (χ4v) is 2.02. The van der Waals surface area contributed by atoms with E-state index >= 15 is 0 Å². The van der Waals surface area contributed by atoms with Crippen LogP contribution in [0.5, 0.6) is 0 Å². The van der Waals surface area contributed by atoms with Gasteiger partial charge in [0.25, 0.3) is 0 Å². The molecule has 0 aromatic carbocycles. The first-order valence-corrected chi connectivity index (χ1v) is 5.92. The second kappa shape index (κ2) is 4.54. The van der Waals surface area contributed by atoms with E-state index in [0.29, 0.717) is 0 Å². The van der Waals surface area contributed by atoms with Crippen molar-refractivity contribution >= 4 is 23.5 Å². The predicted octanol–water partition coefficient (Wildman–Crippen LogP) is -0.995. The molecular formula is C7H8N6O4S. The first kappa shape index (κ1) is 12.2. The summed E-state index contributed by atoms with van der Waals surface area (Å²) in [6.45, 7) is 3.45. The van der Waals surface area contributed by atoms with Crippen LogP contribution < -0.4 is 11.1 Å². The van der Waals surface area contributed by atoms with Crippen LogP contribution in [0.4, 0.5) is 5.95 Å². The van der Waals surface area contributed by atoms with Crippen molar-refractivity contribution in [1.82, 2.24) is 18.9 Å². The first-order valence-electron chi connectivity index (χ1n) is 4.64. The summed E-state index contributed by atoms with van der Waals surface area (Å²) in [6.07, 6.45) is 3.97. The Morgan fingerprint density at radius 1 is 1.61 bits per heavy atom. The molecule has 0 aliphatic carbocycles. The fraction of sp³-hybridized carbons (Fsp3) is 0.143. The number of nitrogens with one attached hydrogen (secondary N) is 1. The molecule has 1 aliphatic rings. The van der Waals surface area contributed by atoms with E-state index in [9.17, 15) is 19.5 Å². The molecule has 1 aromatic rings. The Labute approximate surface area is 103 Å². The van der Waals surface area contributed by atoms with Gasteiger partial charge in [0, 0.05) is 0 Å². The van der Waals surface area contributed by atoms with Crippen LogP contribution in [0.25, 0.3) is 6.20 Å². The van der Waals surface area contributed by atoms with Crippen molar-refractivity contribution in [3.63, 3.8) is 0 Å². The van der Waals surface area contributed by atoms with Gasteiger partial charge >= 0.3 is 11.6 Å². The van der Waals surface area contributed by atoms with Crippen LogP contribution in [0.2, 0.25) is 0 Å². The smallest absolute Gasteiger partial charge is 0.429 e. The summed E-state index contributed by atoms with van der Waals surface area (Å²) >= 11 is -1.44. The maximum absolute atomic E-state index is 11.6. The van der Waals surface area contributed by atoms with Gasteiger partial charge in [0.05, 0.1) is 21.2 Å². The van der Waals surface area contributed by atoms with E-state index in [4.69, 9.17) is 0 Å². The standard InChI is InChI=1S/C7H8N6O4S/c1-2-5-18(17)11-4-3-10-6(9-11)8-7(14)12(10)13(15)16/h2-4H,1,5H2,(H,8,9,14). The predicted molar refractivity (Wildman–Crippen MR) is 62.9 cm³/mol. The van der Waals surface area contributed by atoms with Crippen molar-refractivity contribution in [2.45, 2.75) is 0 Å². The maximum atomic E-state index is 11.6. The summed E-state index contributed by atoms with van der Waals surface area (Å²) in [5.41, 5.74) is 1.48. The zero-order valence-electron chi connectivity index (χ0n) is 8.92. The van der Waals surface area contributed by atoms with Gasteiger partial charge in [-0.05, 0) is 6.08 Å². The van der Waals surface area contributed by atoms with E-state index in [1.165, 1.54) is 22.9 Å². The molecule has 96 valence electrons. The molecule has 11 heteroatoms. The van der Waals surface area contributed by atoms with E-state index in [1.807, 2.05) is 0 Å². The summed E-state index contributed by atoms with van der Waals surface area (Å²) in [6, 6.07) is 0. The molecular weight excluding hydrogens is 264 g/mol. The molecule has 1 aromatic heterocycles. The van der Waals surface area contributed by atoms with Crippen molar-refractivity contribution in [3.05, 3.63) is 39.5 Å². The summed E-state index contributed by atoms with van der Waals surface area (Å²) in [5.74, 6) is 0.106. The second-order valence-electron chi connectivity index (χ2n) is 3.10. The second-order valence-corrected chi connectivity index (χ2v) is 4.47. The number of rotatable bonds is 4. The van der Waals surface area contributed by atoms with Crippen LogP contribution >= 0.6 is 0 Å². The topological polar surface area (TPSA) is 121 Å². The van der Waals surface area contributed by atoms with Crippen molar-refractivity contribution in [3.8, 4) is 0 Å². The van der Waals surface area contributed by atoms with Gasteiger partial charge in [-0.2, -0.15) is 0 Å². The molecule has 10 nitrogen and oxygen atoms in total. The lowest BCUT2D eigenvalue weighted by Gasteiger charge is -2.22. The Hall–Kier alpha value is -2.27. The molecule has 2 rings (SSSR count). The van der Waals surface area contributed by atoms with E-state index in [2.05, 4.69) is 17.0 Å². The minimum atomic E-state index is -1.44. The first-order chi connectivity index (χ1) is 8.54. The summed E-state index contributed by atoms with van der Waals surface area (Å²) in [7, 11) is 0. The summed E-state index contributed by atoms with van der Waals surface area (Å²) in [5, 5.41) is 9.73. The minimum absolute atomic E-state index is 0.0865. The molecule has 0 saturated carbocycles. The third kappa shape index (κ3) is 1.96. The monoisotopic (exact) mass is 272 g/mol. The Morgan fingerprint density at radius 2 is 2.33 bits per heavy atom. The number of nitro groups is 1. The molecule has 0 fully saturated rings. The van der Waals surface area contributed by atoms with E-state index in [0.717, 1.165) is 4.68 Å². The molecule has 2 heterocycles. The molecule has 1 unspecified atom stereocenters. The third-order valence-electron chi connectivity index (χ3n) is 1.98. The maximum Gasteiger partial charge on any atom is 0.429 e. The highest BCUT2D eigenvalue weighted by Gasteiger charge is 2.29. The van der Waals surface area contributed by atoms with Gasteiger partial charge in [0.15, 0.2) is 5.75 Å². The van der Waals surface area contributed by atoms with Crippen molar-refractivity contribution in [1.29, 1.82) is 0 Å². The zero-order valence-corrected chi connectivity index (χ0v) is 9.74. The minimum Gasteiger partial charge on any atom is -0.591 e. The highest BCUT2D eigenvalue weighted by molar-refractivity contribution is 7.89. The van der Waals surface area contributed by atoms with Gasteiger partial charge < -0.3 is 14.7 Å². The van der Waals surface area contributed by atoms with Crippen molar-refractivity contribution in [2.75, 3.05) is 11.2 Å². The molecule has 0 radical (unpaired) electrons. The molecule has 0 amide bonds. The SMILES string of the molecule is C=CC[S+]([O-])N1C=Cn2c(nc(=O)n2[N+](=O)[O-])N1. The number of hydrogen-bond acceptors (Lipinski definition) is 7. The lowest BCUT2D eigenvalue weighted by Crippen LogP contribution is -2.37. The molecule has 1 N–H and O–H groups in total. The molecule has 0 spiro atoms. The third-order valence-corrected chi connectivity index (χ3v) is 3.15. The Morgan fingerprint density at radius 3 is 2.94 bits per heavy atom. The van der Waals surface area contributed by atoms with Crippen molar-refractivity contribution in [2.24, 2.45) is 0 Å². The van der Waals surface area contributed by atoms with Gasteiger partial charge in [0.2, 0.25) is 0 Å². The number of fused-ring (bicyclic) bond motifs is 1. The largest absolute Gasteiger partial charge is 0.591 e. The van der Waals surface area contributed by atoms with E-state index < -0.39 is 22.1 Å². The molecule has 1 atom stereocenters. The van der Waals surface area contributed by atoms with Crippen molar-refractivity contribution < 1.29 is 9.59 Å². The fourth-order valence-electron chi connectivity index (χ4n) is 1.29. The Bertz CT molecular complexity index is 577. The average molecular weight is 272 g/mol. The van der Waals surface area contributed by atoms with Crippen LogP contribution in [-0.4, -0.2) is 34.2 Å². The van der Waals surface area contributed by atoms with E-state index in [-0.39, 0.29) is 16.5 Å². The summed E-state index contributed by atoms with van der Waals surface area (Å²) < 4.78 is 13.7. The highest BCUT2D eigenvalue weighted by Crippen LogP contribution is 2.14. The molecule has 0 saturated heterocycles. The quantitative estimate of drug-likeness (QED) is 0.323. The van der Waals surface area contributed by atoms with Gasteiger partial charge in [0.1, 0.15) is 12.4 Å². The number of anilines is 1. The molecule has 0 bridgehead atoms. The Balaban J connectivity index is 2.33. The average Bonchev–Trinajstić information content (AvgIpc) is 2.63. The molecule has 1 aliphatic heterocycles. The van der Waals surface area contributed by atoms with Crippen LogP contribution in [-0.2, 0) is 11.4 Å². The number of aromatic nitrogens is 3. The highest BCUT2D eigenvalue weighted by atomic mass is 32.2. The van der Waals surface area contributed by atoms with Crippen LogP contribution in [0.1, 0.15) is 0 Å². The molecule has 18 heavy (non-hydrogen) atoms. The number of nitrogens with zero attached hydrogens (tertiary/aromatic N) is 5. The van der Waals surface area contributed by atoms with Crippen LogP contribution in [0.15, 0.2) is 23.6 Å². The van der Waals surface area contributed by atoms with Crippen LogP contribution in [0, 0.1) is 10.1 Å². The van der Waals surface area contributed by atoms with Gasteiger partial charge in [-0.3, -0.25) is 0 Å². The number of hydrazine groups is 1. The summed E-state index contributed by atoms with van der Waals surface area (Å²) in [4.78, 5) is 25.5. The van der Waals surface area contributed by atoms with Crippen LogP contribution in [0.3, 0.4) is 0 Å². The van der Waals surface area contributed by atoms with Gasteiger partial charge in [-0.15, -0.1) is 9.40 Å². The lowest BCUT2D eigenvalue weighted by molar-refractivity contribution is -0.558.